The van der Waals surface area contributed by atoms with Gasteiger partial charge < -0.3 is 10.2 Å². The van der Waals surface area contributed by atoms with Crippen molar-refractivity contribution in [3.63, 3.8) is 0 Å². The van der Waals surface area contributed by atoms with E-state index in [9.17, 15) is 10.2 Å². The Hall–Kier alpha value is -0.0800. The molecule has 0 bridgehead atoms. The molecule has 1 aliphatic rings. The first-order valence-electron chi connectivity index (χ1n) is 6.63. The molecule has 2 unspecified atom stereocenters. The lowest BCUT2D eigenvalue weighted by molar-refractivity contribution is 0.0525. The summed E-state index contributed by atoms with van der Waals surface area (Å²) >= 11 is 0. The average Bonchev–Trinajstić information content (AvgIpc) is 2.23. The van der Waals surface area contributed by atoms with Crippen LogP contribution in [0.25, 0.3) is 0 Å². The maximum atomic E-state index is 9.89. The van der Waals surface area contributed by atoms with Crippen molar-refractivity contribution >= 4 is 0 Å². The van der Waals surface area contributed by atoms with Gasteiger partial charge in [-0.1, -0.05) is 51.4 Å². The van der Waals surface area contributed by atoms with Gasteiger partial charge in [-0.05, 0) is 12.8 Å². The summed E-state index contributed by atoms with van der Waals surface area (Å²) in [6, 6.07) is 0. The molecule has 0 heterocycles. The van der Waals surface area contributed by atoms with E-state index in [2.05, 4.69) is 0 Å². The van der Waals surface area contributed by atoms with Gasteiger partial charge in [-0.3, -0.25) is 0 Å². The highest BCUT2D eigenvalue weighted by molar-refractivity contribution is 4.69. The molecule has 15 heavy (non-hydrogen) atoms. The standard InChI is InChI=1S/C13H26O2/c14-11-12-9-7-5-3-1-2-4-6-8-10-13(12)15/h12-15H,1-11H2. The van der Waals surface area contributed by atoms with Gasteiger partial charge in [0.1, 0.15) is 0 Å². The average molecular weight is 214 g/mol. The first-order chi connectivity index (χ1) is 7.34. The number of aliphatic hydroxyl groups is 2. The molecule has 0 aliphatic heterocycles. The summed E-state index contributed by atoms with van der Waals surface area (Å²) in [7, 11) is 0. The van der Waals surface area contributed by atoms with Crippen molar-refractivity contribution < 1.29 is 10.2 Å². The normalized spacial score (nSPS) is 31.6. The van der Waals surface area contributed by atoms with Crippen LogP contribution in [0.15, 0.2) is 0 Å². The molecule has 1 fully saturated rings. The molecule has 1 rings (SSSR count). The van der Waals surface area contributed by atoms with E-state index in [4.69, 9.17) is 0 Å². The zero-order valence-corrected chi connectivity index (χ0v) is 9.83. The van der Waals surface area contributed by atoms with Crippen LogP contribution in [-0.2, 0) is 0 Å². The van der Waals surface area contributed by atoms with Gasteiger partial charge in [0.15, 0.2) is 0 Å². The summed E-state index contributed by atoms with van der Waals surface area (Å²) in [5.74, 6) is 0.129. The van der Waals surface area contributed by atoms with Gasteiger partial charge in [-0.25, -0.2) is 0 Å². The Balaban J connectivity index is 2.30. The molecule has 0 aromatic rings. The van der Waals surface area contributed by atoms with Crippen LogP contribution in [0.4, 0.5) is 0 Å². The third-order valence-corrected chi connectivity index (χ3v) is 3.60. The largest absolute Gasteiger partial charge is 0.396 e. The van der Waals surface area contributed by atoms with Crippen LogP contribution in [-0.4, -0.2) is 22.9 Å². The number of hydrogen-bond acceptors (Lipinski definition) is 2. The van der Waals surface area contributed by atoms with Gasteiger partial charge in [-0.15, -0.1) is 0 Å². The quantitative estimate of drug-likeness (QED) is 0.704. The molecule has 2 nitrogen and oxygen atoms in total. The molecule has 1 saturated carbocycles. The van der Waals surface area contributed by atoms with Gasteiger partial charge >= 0.3 is 0 Å². The molecule has 0 aromatic heterocycles. The van der Waals surface area contributed by atoms with Crippen molar-refractivity contribution in [3.8, 4) is 0 Å². The smallest absolute Gasteiger partial charge is 0.0590 e. The van der Waals surface area contributed by atoms with E-state index in [0.717, 1.165) is 19.3 Å². The summed E-state index contributed by atoms with van der Waals surface area (Å²) in [6.45, 7) is 0.154. The van der Waals surface area contributed by atoms with Crippen molar-refractivity contribution in [2.24, 2.45) is 5.92 Å². The zero-order chi connectivity index (χ0) is 10.9. The fraction of sp³-hybridized carbons (Fsp3) is 1.00. The summed E-state index contributed by atoms with van der Waals surface area (Å²) in [6.07, 6.45) is 11.8. The summed E-state index contributed by atoms with van der Waals surface area (Å²) in [5, 5.41) is 19.1. The van der Waals surface area contributed by atoms with E-state index in [1.807, 2.05) is 0 Å². The Bertz CT molecular complexity index is 147. The number of aliphatic hydroxyl groups excluding tert-OH is 2. The molecule has 0 saturated heterocycles. The molecule has 0 spiro atoms. The maximum absolute atomic E-state index is 9.89. The molecule has 2 heteroatoms. The molecular formula is C13H26O2. The molecular weight excluding hydrogens is 188 g/mol. The van der Waals surface area contributed by atoms with E-state index in [-0.39, 0.29) is 18.6 Å². The van der Waals surface area contributed by atoms with Crippen LogP contribution in [0, 0.1) is 5.92 Å². The van der Waals surface area contributed by atoms with E-state index < -0.39 is 0 Å². The van der Waals surface area contributed by atoms with Crippen molar-refractivity contribution in [2.75, 3.05) is 6.61 Å². The highest BCUT2D eigenvalue weighted by Crippen LogP contribution is 2.21. The van der Waals surface area contributed by atoms with Gasteiger partial charge in [0.25, 0.3) is 0 Å². The first kappa shape index (κ1) is 13.0. The second-order valence-corrected chi connectivity index (χ2v) is 4.92. The Morgan fingerprint density at radius 1 is 0.733 bits per heavy atom. The van der Waals surface area contributed by atoms with Crippen LogP contribution in [0.2, 0.25) is 0 Å². The Morgan fingerprint density at radius 2 is 1.20 bits per heavy atom. The monoisotopic (exact) mass is 214 g/mol. The first-order valence-corrected chi connectivity index (χ1v) is 6.63. The molecule has 0 aromatic carbocycles. The summed E-state index contributed by atoms with van der Waals surface area (Å²) < 4.78 is 0. The van der Waals surface area contributed by atoms with Crippen molar-refractivity contribution in [3.05, 3.63) is 0 Å². The third kappa shape index (κ3) is 5.53. The SMILES string of the molecule is OCC1CCCCCCCCCCC1O. The van der Waals surface area contributed by atoms with Crippen molar-refractivity contribution in [2.45, 2.75) is 70.3 Å². The minimum atomic E-state index is -0.269. The zero-order valence-electron chi connectivity index (χ0n) is 9.83. The van der Waals surface area contributed by atoms with Crippen LogP contribution < -0.4 is 0 Å². The third-order valence-electron chi connectivity index (χ3n) is 3.60. The van der Waals surface area contributed by atoms with Crippen LogP contribution >= 0.6 is 0 Å². The number of hydrogen-bond donors (Lipinski definition) is 2. The molecule has 2 N–H and O–H groups in total. The molecule has 0 amide bonds. The second-order valence-electron chi connectivity index (χ2n) is 4.92. The highest BCUT2D eigenvalue weighted by atomic mass is 16.3. The predicted molar refractivity (Wildman–Crippen MR) is 62.8 cm³/mol. The van der Waals surface area contributed by atoms with Gasteiger partial charge in [0, 0.05) is 12.5 Å². The van der Waals surface area contributed by atoms with Crippen molar-refractivity contribution in [1.29, 1.82) is 0 Å². The van der Waals surface area contributed by atoms with Crippen LogP contribution in [0.1, 0.15) is 64.2 Å². The van der Waals surface area contributed by atoms with Crippen molar-refractivity contribution in [1.82, 2.24) is 0 Å². The van der Waals surface area contributed by atoms with Gasteiger partial charge in [0.2, 0.25) is 0 Å². The predicted octanol–water partition coefficient (Wildman–Crippen LogP) is 2.87. The van der Waals surface area contributed by atoms with Gasteiger partial charge in [0.05, 0.1) is 6.10 Å². The minimum Gasteiger partial charge on any atom is -0.396 e. The van der Waals surface area contributed by atoms with E-state index in [0.29, 0.717) is 0 Å². The summed E-state index contributed by atoms with van der Waals surface area (Å²) in [5.41, 5.74) is 0. The number of rotatable bonds is 1. The fourth-order valence-corrected chi connectivity index (χ4v) is 2.46. The fourth-order valence-electron chi connectivity index (χ4n) is 2.46. The van der Waals surface area contributed by atoms with E-state index in [1.54, 1.807) is 0 Å². The molecule has 2 atom stereocenters. The van der Waals surface area contributed by atoms with Crippen LogP contribution in [0.3, 0.4) is 0 Å². The lowest BCUT2D eigenvalue weighted by atomic mass is 9.91. The lowest BCUT2D eigenvalue weighted by Crippen LogP contribution is -2.23. The minimum absolute atomic E-state index is 0.129. The second kappa shape index (κ2) is 8.12. The maximum Gasteiger partial charge on any atom is 0.0590 e. The van der Waals surface area contributed by atoms with Gasteiger partial charge in [-0.2, -0.15) is 0 Å². The Labute approximate surface area is 93.7 Å². The van der Waals surface area contributed by atoms with Crippen LogP contribution in [0.5, 0.6) is 0 Å². The molecule has 0 radical (unpaired) electrons. The Morgan fingerprint density at radius 3 is 1.73 bits per heavy atom. The summed E-state index contributed by atoms with van der Waals surface area (Å²) in [4.78, 5) is 0. The molecule has 1 aliphatic carbocycles. The van der Waals surface area contributed by atoms with E-state index >= 15 is 0 Å². The van der Waals surface area contributed by atoms with E-state index in [1.165, 1.54) is 44.9 Å². The highest BCUT2D eigenvalue weighted by Gasteiger charge is 2.17. The Kier molecular flexibility index (Phi) is 7.03. The molecule has 90 valence electrons. The topological polar surface area (TPSA) is 40.5 Å². The lowest BCUT2D eigenvalue weighted by Gasteiger charge is -2.21.